The van der Waals surface area contributed by atoms with Crippen molar-refractivity contribution in [3.05, 3.63) is 29.3 Å². The minimum absolute atomic E-state index is 0.413. The smallest absolute Gasteiger partial charge is 0.166 e. The predicted octanol–water partition coefficient (Wildman–Crippen LogP) is 3.22. The molecule has 0 radical (unpaired) electrons. The summed E-state index contributed by atoms with van der Waals surface area (Å²) in [7, 11) is 1.65. The summed E-state index contributed by atoms with van der Waals surface area (Å²) in [5, 5.41) is -0.516. The summed E-state index contributed by atoms with van der Waals surface area (Å²) in [6, 6.07) is 1.29. The van der Waals surface area contributed by atoms with Crippen molar-refractivity contribution in [1.29, 1.82) is 0 Å². The van der Waals surface area contributed by atoms with Crippen molar-refractivity contribution in [2.24, 2.45) is 0 Å². The zero-order valence-corrected chi connectivity index (χ0v) is 8.23. The summed E-state index contributed by atoms with van der Waals surface area (Å²) in [6.45, 7) is 0. The third-order valence-electron chi connectivity index (χ3n) is 1.68. The van der Waals surface area contributed by atoms with Crippen LogP contribution >= 0.6 is 9.24 Å². The van der Waals surface area contributed by atoms with Gasteiger partial charge in [-0.1, -0.05) is 0 Å². The van der Waals surface area contributed by atoms with Crippen LogP contribution in [0.1, 0.15) is 11.1 Å². The van der Waals surface area contributed by atoms with Crippen LogP contribution in [0.3, 0.4) is 0 Å². The zero-order valence-electron chi connectivity index (χ0n) is 7.08. The van der Waals surface area contributed by atoms with Crippen molar-refractivity contribution >= 4 is 14.5 Å². The van der Waals surface area contributed by atoms with Crippen LogP contribution in [0, 0.1) is 0 Å². The molecule has 0 aliphatic carbocycles. The molecule has 0 saturated heterocycles. The first-order valence-electron chi connectivity index (χ1n) is 3.66. The molecular weight excluding hydrogens is 241 g/mol. The Morgan fingerprint density at radius 1 is 0.867 bits per heavy atom. The fourth-order valence-corrected chi connectivity index (χ4v) is 1.44. The second kappa shape index (κ2) is 3.67. The summed E-state index contributed by atoms with van der Waals surface area (Å²) in [5.41, 5.74) is -2.18. The van der Waals surface area contributed by atoms with E-state index in [0.717, 1.165) is 0 Å². The van der Waals surface area contributed by atoms with Crippen LogP contribution in [0.2, 0.25) is 0 Å². The van der Waals surface area contributed by atoms with Crippen molar-refractivity contribution in [2.45, 2.75) is 12.4 Å². The molecule has 0 N–H and O–H groups in total. The van der Waals surface area contributed by atoms with Gasteiger partial charge in [-0.05, 0) is 23.5 Å². The molecule has 0 fully saturated rings. The first kappa shape index (κ1) is 12.3. The normalized spacial score (nSPS) is 13.0. The summed E-state index contributed by atoms with van der Waals surface area (Å²) in [6.07, 6.45) is -9.27. The molecule has 0 saturated carbocycles. The Morgan fingerprint density at radius 2 is 1.40 bits per heavy atom. The van der Waals surface area contributed by atoms with Gasteiger partial charge in [0.1, 0.15) is 0 Å². The molecule has 7 heteroatoms. The van der Waals surface area contributed by atoms with Gasteiger partial charge in [0.25, 0.3) is 0 Å². The van der Waals surface area contributed by atoms with Crippen molar-refractivity contribution < 1.29 is 26.3 Å². The van der Waals surface area contributed by atoms with Gasteiger partial charge in [0, 0.05) is 0 Å². The average Bonchev–Trinajstić information content (AvgIpc) is 1.99. The van der Waals surface area contributed by atoms with E-state index in [2.05, 4.69) is 0 Å². The van der Waals surface area contributed by atoms with Crippen LogP contribution in [-0.2, 0) is 12.4 Å². The predicted molar refractivity (Wildman–Crippen MR) is 45.8 cm³/mol. The van der Waals surface area contributed by atoms with Crippen LogP contribution in [-0.4, -0.2) is 0 Å². The number of hydrogen-bond donors (Lipinski definition) is 0. The highest BCUT2D eigenvalue weighted by molar-refractivity contribution is 7.27. The number of benzene rings is 1. The SMILES string of the molecule is FC(F)(F)c1ccc(C(F)(F)F)c(P)c1. The largest absolute Gasteiger partial charge is 0.417 e. The molecule has 15 heavy (non-hydrogen) atoms. The lowest BCUT2D eigenvalue weighted by atomic mass is 10.1. The molecule has 1 unspecified atom stereocenters. The summed E-state index contributed by atoms with van der Waals surface area (Å²) < 4.78 is 72.9. The molecule has 1 aromatic rings. The second-order valence-electron chi connectivity index (χ2n) is 2.80. The van der Waals surface area contributed by atoms with Gasteiger partial charge in [-0.25, -0.2) is 0 Å². The molecular formula is C8H5F6P. The Hall–Kier alpha value is -0.770. The molecule has 0 bridgehead atoms. The lowest BCUT2D eigenvalue weighted by molar-refractivity contribution is -0.140. The van der Waals surface area contributed by atoms with Gasteiger partial charge in [-0.2, -0.15) is 26.3 Å². The molecule has 0 spiro atoms. The molecule has 0 amide bonds. The average molecular weight is 246 g/mol. The first-order chi connectivity index (χ1) is 6.62. The molecule has 0 nitrogen and oxygen atoms in total. The van der Waals surface area contributed by atoms with E-state index in [1.54, 1.807) is 9.24 Å². The van der Waals surface area contributed by atoms with Crippen LogP contribution in [0.25, 0.3) is 0 Å². The van der Waals surface area contributed by atoms with E-state index in [1.165, 1.54) is 0 Å². The van der Waals surface area contributed by atoms with Gasteiger partial charge in [0.05, 0.1) is 11.1 Å². The van der Waals surface area contributed by atoms with Crippen LogP contribution in [0.15, 0.2) is 18.2 Å². The van der Waals surface area contributed by atoms with E-state index in [9.17, 15) is 26.3 Å². The fourth-order valence-electron chi connectivity index (χ4n) is 0.997. The summed E-state index contributed by atoms with van der Waals surface area (Å²) >= 11 is 0. The van der Waals surface area contributed by atoms with E-state index in [-0.39, 0.29) is 0 Å². The number of hydrogen-bond acceptors (Lipinski definition) is 0. The maximum atomic E-state index is 12.2. The maximum absolute atomic E-state index is 12.2. The minimum Gasteiger partial charge on any atom is -0.166 e. The first-order valence-corrected chi connectivity index (χ1v) is 4.24. The molecule has 1 atom stereocenters. The van der Waals surface area contributed by atoms with E-state index in [1.807, 2.05) is 0 Å². The Kier molecular flexibility index (Phi) is 3.01. The van der Waals surface area contributed by atoms with Gasteiger partial charge >= 0.3 is 12.4 Å². The molecule has 0 aliphatic rings. The molecule has 0 heterocycles. The third-order valence-corrected chi connectivity index (χ3v) is 2.16. The lowest BCUT2D eigenvalue weighted by Gasteiger charge is -2.12. The van der Waals surface area contributed by atoms with Gasteiger partial charge in [-0.15, -0.1) is 9.24 Å². The maximum Gasteiger partial charge on any atom is 0.417 e. The van der Waals surface area contributed by atoms with Gasteiger partial charge in [-0.3, -0.25) is 0 Å². The van der Waals surface area contributed by atoms with Gasteiger partial charge in [0.15, 0.2) is 0 Å². The van der Waals surface area contributed by atoms with Gasteiger partial charge < -0.3 is 0 Å². The van der Waals surface area contributed by atoms with E-state index < -0.39 is 28.8 Å². The highest BCUT2D eigenvalue weighted by atomic mass is 31.0. The molecule has 84 valence electrons. The monoisotopic (exact) mass is 246 g/mol. The van der Waals surface area contributed by atoms with Crippen LogP contribution in [0.5, 0.6) is 0 Å². The number of rotatable bonds is 0. The molecule has 0 aliphatic heterocycles. The fraction of sp³-hybridized carbons (Fsp3) is 0.250. The number of halogens is 6. The van der Waals surface area contributed by atoms with E-state index in [0.29, 0.717) is 18.2 Å². The van der Waals surface area contributed by atoms with Crippen LogP contribution in [0.4, 0.5) is 26.3 Å². The minimum atomic E-state index is -4.64. The van der Waals surface area contributed by atoms with Crippen molar-refractivity contribution in [2.75, 3.05) is 0 Å². The Morgan fingerprint density at radius 3 is 1.73 bits per heavy atom. The van der Waals surface area contributed by atoms with Gasteiger partial charge in [0.2, 0.25) is 0 Å². The number of alkyl halides is 6. The highest BCUT2D eigenvalue weighted by Gasteiger charge is 2.35. The zero-order chi connectivity index (χ0) is 11.9. The lowest BCUT2D eigenvalue weighted by Crippen LogP contribution is -2.17. The molecule has 1 rings (SSSR count). The second-order valence-corrected chi connectivity index (χ2v) is 3.42. The topological polar surface area (TPSA) is 0 Å². The Bertz CT molecular complexity index is 364. The summed E-state index contributed by atoms with van der Waals surface area (Å²) in [4.78, 5) is 0. The van der Waals surface area contributed by atoms with Crippen molar-refractivity contribution in [3.63, 3.8) is 0 Å². The van der Waals surface area contributed by atoms with Crippen molar-refractivity contribution in [1.82, 2.24) is 0 Å². The van der Waals surface area contributed by atoms with E-state index in [4.69, 9.17) is 0 Å². The highest BCUT2D eigenvalue weighted by Crippen LogP contribution is 2.33. The Balaban J connectivity index is 3.21. The van der Waals surface area contributed by atoms with Crippen LogP contribution < -0.4 is 5.30 Å². The Labute approximate surface area is 83.5 Å². The van der Waals surface area contributed by atoms with E-state index >= 15 is 0 Å². The molecule has 1 aromatic carbocycles. The molecule has 0 aromatic heterocycles. The van der Waals surface area contributed by atoms with Crippen molar-refractivity contribution in [3.8, 4) is 0 Å². The third kappa shape index (κ3) is 2.84. The standard InChI is InChI=1S/C8H5F6P/c9-7(10,11)4-1-2-5(6(15)3-4)8(12,13)14/h1-3H,15H2. The quantitative estimate of drug-likeness (QED) is 0.487. The summed E-state index contributed by atoms with van der Waals surface area (Å²) in [5.74, 6) is 0.